The number of ether oxygens (including phenoxy) is 1. The zero-order chi connectivity index (χ0) is 22.5. The number of amides is 2. The van der Waals surface area contributed by atoms with Crippen molar-refractivity contribution in [2.24, 2.45) is 0 Å². The van der Waals surface area contributed by atoms with Gasteiger partial charge in [-0.1, -0.05) is 30.3 Å². The zero-order valence-corrected chi connectivity index (χ0v) is 17.3. The molecule has 162 valence electrons. The Morgan fingerprint density at radius 2 is 1.45 bits per heavy atom. The molecule has 0 unspecified atom stereocenters. The van der Waals surface area contributed by atoms with E-state index in [2.05, 4.69) is 15.4 Å². The van der Waals surface area contributed by atoms with Gasteiger partial charge in [-0.2, -0.15) is 8.78 Å². The Morgan fingerprint density at radius 3 is 2.00 bits per heavy atom. The van der Waals surface area contributed by atoms with Gasteiger partial charge < -0.3 is 15.4 Å². The highest BCUT2D eigenvalue weighted by Crippen LogP contribution is 2.26. The molecule has 3 aromatic carbocycles. The van der Waals surface area contributed by atoms with E-state index >= 15 is 0 Å². The van der Waals surface area contributed by atoms with E-state index in [1.165, 1.54) is 36.4 Å². The highest BCUT2D eigenvalue weighted by Gasteiger charge is 2.24. The van der Waals surface area contributed by atoms with Gasteiger partial charge in [-0.3, -0.25) is 0 Å². The average Bonchev–Trinajstić information content (AvgIpc) is 2.73. The molecule has 0 aliphatic carbocycles. The molecule has 0 spiro atoms. The summed E-state index contributed by atoms with van der Waals surface area (Å²) in [5, 5.41) is 5.33. The minimum atomic E-state index is -3.86. The average molecular weight is 446 g/mol. The van der Waals surface area contributed by atoms with Crippen LogP contribution in [0.2, 0.25) is 0 Å². The van der Waals surface area contributed by atoms with E-state index in [0.717, 1.165) is 17.7 Å². The highest BCUT2D eigenvalue weighted by molar-refractivity contribution is 7.91. The van der Waals surface area contributed by atoms with Crippen molar-refractivity contribution >= 4 is 21.6 Å². The van der Waals surface area contributed by atoms with Crippen LogP contribution < -0.4 is 15.4 Å². The lowest BCUT2D eigenvalue weighted by molar-refractivity contribution is -0.158. The van der Waals surface area contributed by atoms with Crippen LogP contribution in [0.1, 0.15) is 12.5 Å². The lowest BCUT2D eigenvalue weighted by atomic mass is 10.2. The highest BCUT2D eigenvalue weighted by atomic mass is 32.2. The number of sulfone groups is 1. The number of benzene rings is 3. The van der Waals surface area contributed by atoms with Crippen LogP contribution in [0.3, 0.4) is 0 Å². The fourth-order valence-corrected chi connectivity index (χ4v) is 3.96. The second-order valence-electron chi connectivity index (χ2n) is 6.70. The van der Waals surface area contributed by atoms with E-state index in [9.17, 15) is 22.0 Å². The van der Waals surface area contributed by atoms with E-state index in [0.29, 0.717) is 19.2 Å². The van der Waals surface area contributed by atoms with Crippen LogP contribution in [0.4, 0.5) is 19.3 Å². The Balaban J connectivity index is 1.63. The Bertz CT molecular complexity index is 1130. The Labute approximate surface area is 178 Å². The fraction of sp³-hybridized carbons (Fsp3) is 0.136. The number of hydrogen-bond acceptors (Lipinski definition) is 4. The Morgan fingerprint density at radius 1 is 0.903 bits per heavy atom. The summed E-state index contributed by atoms with van der Waals surface area (Å²) in [6.07, 6.45) is -3.36. The van der Waals surface area contributed by atoms with Gasteiger partial charge in [0.1, 0.15) is 5.75 Å². The SMILES string of the molecule is CC(F)(F)Oc1ccc(S(=O)(=O)c2ccc(NC(=O)NCc3ccccc3)cc2)cc1. The molecule has 0 bridgehead atoms. The lowest BCUT2D eigenvalue weighted by Crippen LogP contribution is -2.28. The molecule has 0 saturated heterocycles. The van der Waals surface area contributed by atoms with Gasteiger partial charge in [0.05, 0.1) is 9.79 Å². The number of anilines is 1. The number of hydrogen-bond donors (Lipinski definition) is 2. The Kier molecular flexibility index (Phi) is 6.55. The van der Waals surface area contributed by atoms with Crippen LogP contribution in [0.5, 0.6) is 5.75 Å². The molecule has 0 aromatic heterocycles. The summed E-state index contributed by atoms with van der Waals surface area (Å²) in [6.45, 7) is 0.942. The van der Waals surface area contributed by atoms with E-state index in [1.54, 1.807) is 0 Å². The van der Waals surface area contributed by atoms with Gasteiger partial charge in [-0.15, -0.1) is 0 Å². The summed E-state index contributed by atoms with van der Waals surface area (Å²) < 4.78 is 55.7. The van der Waals surface area contributed by atoms with Crippen molar-refractivity contribution in [2.45, 2.75) is 29.4 Å². The number of urea groups is 1. The molecule has 2 N–H and O–H groups in total. The molecule has 0 atom stereocenters. The minimum absolute atomic E-state index is 0.00256. The molecule has 3 rings (SSSR count). The topological polar surface area (TPSA) is 84.5 Å². The van der Waals surface area contributed by atoms with Crippen LogP contribution in [0, 0.1) is 0 Å². The van der Waals surface area contributed by atoms with Gasteiger partial charge in [-0.05, 0) is 54.1 Å². The third-order valence-corrected chi connectivity index (χ3v) is 5.94. The largest absolute Gasteiger partial charge is 0.433 e. The van der Waals surface area contributed by atoms with Crippen molar-refractivity contribution < 1.29 is 26.7 Å². The normalized spacial score (nSPS) is 11.6. The number of halogens is 2. The third kappa shape index (κ3) is 6.26. The molecule has 3 aromatic rings. The van der Waals surface area contributed by atoms with Crippen molar-refractivity contribution in [1.29, 1.82) is 0 Å². The van der Waals surface area contributed by atoms with Crippen LogP contribution in [-0.4, -0.2) is 20.6 Å². The summed E-state index contributed by atoms with van der Waals surface area (Å²) >= 11 is 0. The quantitative estimate of drug-likeness (QED) is 0.544. The van der Waals surface area contributed by atoms with Gasteiger partial charge in [0.25, 0.3) is 0 Å². The summed E-state index contributed by atoms with van der Waals surface area (Å²) in [5.41, 5.74) is 1.36. The van der Waals surface area contributed by atoms with Gasteiger partial charge in [0, 0.05) is 19.2 Å². The minimum Gasteiger partial charge on any atom is -0.433 e. The van der Waals surface area contributed by atoms with Gasteiger partial charge in [0.15, 0.2) is 0 Å². The number of carbonyl (C=O) groups excluding carboxylic acids is 1. The predicted molar refractivity (Wildman–Crippen MR) is 112 cm³/mol. The molecule has 31 heavy (non-hydrogen) atoms. The molecular weight excluding hydrogens is 426 g/mol. The maximum absolute atomic E-state index is 12.9. The molecule has 2 amide bonds. The predicted octanol–water partition coefficient (Wildman–Crippen LogP) is 4.83. The first-order valence-corrected chi connectivity index (χ1v) is 10.7. The van der Waals surface area contributed by atoms with Crippen molar-refractivity contribution in [3.8, 4) is 5.75 Å². The molecule has 0 aliphatic rings. The molecule has 0 fully saturated rings. The van der Waals surface area contributed by atoms with E-state index in [1.807, 2.05) is 30.3 Å². The number of carbonyl (C=O) groups is 1. The first-order valence-electron chi connectivity index (χ1n) is 9.24. The van der Waals surface area contributed by atoms with Gasteiger partial charge in [-0.25, -0.2) is 13.2 Å². The fourth-order valence-electron chi connectivity index (χ4n) is 2.70. The van der Waals surface area contributed by atoms with E-state index < -0.39 is 22.0 Å². The number of rotatable bonds is 7. The summed E-state index contributed by atoms with van der Waals surface area (Å²) in [4.78, 5) is 11.9. The number of alkyl halides is 2. The number of nitrogens with one attached hydrogen (secondary N) is 2. The smallest absolute Gasteiger partial charge is 0.394 e. The van der Waals surface area contributed by atoms with Gasteiger partial charge >= 0.3 is 12.1 Å². The van der Waals surface area contributed by atoms with Crippen molar-refractivity contribution in [1.82, 2.24) is 5.32 Å². The molecule has 0 heterocycles. The molecule has 0 aliphatic heterocycles. The second kappa shape index (κ2) is 9.13. The van der Waals surface area contributed by atoms with Crippen LogP contribution in [-0.2, 0) is 16.4 Å². The summed E-state index contributed by atoms with van der Waals surface area (Å²) in [6, 6.07) is 19.3. The Hall–Kier alpha value is -3.46. The maximum Gasteiger partial charge on any atom is 0.394 e. The molecule has 0 radical (unpaired) electrons. The van der Waals surface area contributed by atoms with Crippen LogP contribution in [0.15, 0.2) is 88.7 Å². The van der Waals surface area contributed by atoms with Crippen LogP contribution in [0.25, 0.3) is 0 Å². The van der Waals surface area contributed by atoms with E-state index in [-0.39, 0.29) is 15.5 Å². The summed E-state index contributed by atoms with van der Waals surface area (Å²) in [5.74, 6) is -0.146. The molecule has 0 saturated carbocycles. The van der Waals surface area contributed by atoms with Gasteiger partial charge in [0.2, 0.25) is 9.84 Å². The van der Waals surface area contributed by atoms with E-state index in [4.69, 9.17) is 0 Å². The zero-order valence-electron chi connectivity index (χ0n) is 16.5. The maximum atomic E-state index is 12.9. The first-order chi connectivity index (χ1) is 14.6. The third-order valence-electron chi connectivity index (χ3n) is 4.15. The van der Waals surface area contributed by atoms with Crippen molar-refractivity contribution in [3.63, 3.8) is 0 Å². The van der Waals surface area contributed by atoms with Crippen molar-refractivity contribution in [3.05, 3.63) is 84.4 Å². The molecule has 6 nitrogen and oxygen atoms in total. The second-order valence-corrected chi connectivity index (χ2v) is 8.65. The first kappa shape index (κ1) is 22.2. The monoisotopic (exact) mass is 446 g/mol. The molecular formula is C22H20F2N2O4S. The van der Waals surface area contributed by atoms with Crippen molar-refractivity contribution in [2.75, 3.05) is 5.32 Å². The standard InChI is InChI=1S/C22H20F2N2O4S/c1-22(23,24)30-18-9-13-20(14-10-18)31(28,29)19-11-7-17(8-12-19)26-21(27)25-15-16-5-3-2-4-6-16/h2-14H,15H2,1H3,(H2,25,26,27). The molecule has 9 heteroatoms. The summed E-state index contributed by atoms with van der Waals surface area (Å²) in [7, 11) is -3.86. The van der Waals surface area contributed by atoms with Crippen LogP contribution >= 0.6 is 0 Å². The lowest BCUT2D eigenvalue weighted by Gasteiger charge is -2.13.